The van der Waals surface area contributed by atoms with Gasteiger partial charge in [-0.2, -0.15) is 0 Å². The molecule has 0 saturated carbocycles. The van der Waals surface area contributed by atoms with Gasteiger partial charge in [-0.15, -0.1) is 11.6 Å². The van der Waals surface area contributed by atoms with Gasteiger partial charge in [-0.05, 0) is 37.8 Å². The van der Waals surface area contributed by atoms with Crippen LogP contribution in [-0.4, -0.2) is 13.2 Å². The molecular formula is C14H19ClO. The first-order valence-corrected chi connectivity index (χ1v) is 6.41. The maximum absolute atomic E-state index is 6.56. The fourth-order valence-electron chi connectivity index (χ4n) is 2.39. The van der Waals surface area contributed by atoms with Crippen molar-refractivity contribution < 1.29 is 4.74 Å². The van der Waals surface area contributed by atoms with E-state index in [0.717, 1.165) is 19.6 Å². The van der Waals surface area contributed by atoms with E-state index in [4.69, 9.17) is 16.3 Å². The highest BCUT2D eigenvalue weighted by molar-refractivity contribution is 6.21. The average Bonchev–Trinajstić information content (AvgIpc) is 2.29. The van der Waals surface area contributed by atoms with Crippen LogP contribution in [0.3, 0.4) is 0 Å². The average molecular weight is 239 g/mol. The number of halogens is 1. The summed E-state index contributed by atoms with van der Waals surface area (Å²) in [6.45, 7) is 5.96. The van der Waals surface area contributed by atoms with E-state index in [2.05, 4.69) is 32.0 Å². The zero-order valence-electron chi connectivity index (χ0n) is 10.0. The van der Waals surface area contributed by atoms with Gasteiger partial charge >= 0.3 is 0 Å². The summed E-state index contributed by atoms with van der Waals surface area (Å²) in [5, 5.41) is 0.0981. The maximum atomic E-state index is 6.56. The van der Waals surface area contributed by atoms with Gasteiger partial charge in [-0.3, -0.25) is 0 Å². The van der Waals surface area contributed by atoms with Crippen molar-refractivity contribution in [1.29, 1.82) is 0 Å². The van der Waals surface area contributed by atoms with E-state index < -0.39 is 0 Å². The molecule has 2 atom stereocenters. The molecule has 1 saturated heterocycles. The van der Waals surface area contributed by atoms with Crippen molar-refractivity contribution in [2.45, 2.75) is 32.1 Å². The van der Waals surface area contributed by atoms with E-state index in [1.807, 2.05) is 0 Å². The van der Waals surface area contributed by atoms with Gasteiger partial charge < -0.3 is 4.74 Å². The van der Waals surface area contributed by atoms with Crippen molar-refractivity contribution in [2.24, 2.45) is 5.92 Å². The number of benzene rings is 1. The first kappa shape index (κ1) is 11.9. The SMILES string of the molecule is Cc1ccc(C(Cl)C2CCCOC2)c(C)c1. The molecule has 1 nitrogen and oxygen atoms in total. The normalized spacial score (nSPS) is 23.1. The van der Waals surface area contributed by atoms with E-state index in [1.54, 1.807) is 0 Å². The largest absolute Gasteiger partial charge is 0.381 e. The molecule has 1 fully saturated rings. The molecule has 0 amide bonds. The number of alkyl halides is 1. The van der Waals surface area contributed by atoms with E-state index >= 15 is 0 Å². The molecule has 0 N–H and O–H groups in total. The van der Waals surface area contributed by atoms with Crippen LogP contribution in [0.2, 0.25) is 0 Å². The zero-order valence-corrected chi connectivity index (χ0v) is 10.8. The second-order valence-corrected chi connectivity index (χ2v) is 5.21. The maximum Gasteiger partial charge on any atom is 0.0637 e. The van der Waals surface area contributed by atoms with Crippen LogP contribution in [0.4, 0.5) is 0 Å². The Balaban J connectivity index is 2.15. The predicted molar refractivity (Wildman–Crippen MR) is 68.1 cm³/mol. The Morgan fingerprint density at radius 3 is 2.81 bits per heavy atom. The molecule has 1 aromatic rings. The van der Waals surface area contributed by atoms with Crippen molar-refractivity contribution in [3.8, 4) is 0 Å². The minimum atomic E-state index is 0.0981. The summed E-state index contributed by atoms with van der Waals surface area (Å²) in [6, 6.07) is 6.51. The fraction of sp³-hybridized carbons (Fsp3) is 0.571. The Morgan fingerprint density at radius 1 is 1.38 bits per heavy atom. The van der Waals surface area contributed by atoms with Crippen molar-refractivity contribution >= 4 is 11.6 Å². The number of hydrogen-bond acceptors (Lipinski definition) is 1. The number of hydrogen-bond donors (Lipinski definition) is 0. The Bertz CT molecular complexity index is 356. The van der Waals surface area contributed by atoms with Gasteiger partial charge in [0.15, 0.2) is 0 Å². The van der Waals surface area contributed by atoms with Gasteiger partial charge in [0.1, 0.15) is 0 Å². The summed E-state index contributed by atoms with van der Waals surface area (Å²) in [5.74, 6) is 0.469. The molecule has 1 heterocycles. The van der Waals surface area contributed by atoms with Gasteiger partial charge in [0.05, 0.1) is 12.0 Å². The molecule has 0 spiro atoms. The van der Waals surface area contributed by atoms with E-state index in [-0.39, 0.29) is 5.38 Å². The summed E-state index contributed by atoms with van der Waals surface area (Å²) in [7, 11) is 0. The van der Waals surface area contributed by atoms with Crippen LogP contribution in [0.1, 0.15) is 34.9 Å². The molecule has 1 aromatic carbocycles. The lowest BCUT2D eigenvalue weighted by atomic mass is 9.91. The predicted octanol–water partition coefficient (Wildman–Crippen LogP) is 4.01. The minimum Gasteiger partial charge on any atom is -0.381 e. The van der Waals surface area contributed by atoms with Crippen LogP contribution >= 0.6 is 11.6 Å². The van der Waals surface area contributed by atoms with E-state index in [9.17, 15) is 0 Å². The Hall–Kier alpha value is -0.530. The Kier molecular flexibility index (Phi) is 3.88. The van der Waals surface area contributed by atoms with Crippen molar-refractivity contribution in [2.75, 3.05) is 13.2 Å². The lowest BCUT2D eigenvalue weighted by Crippen LogP contribution is -2.21. The molecule has 2 heteroatoms. The molecule has 0 aliphatic carbocycles. The molecule has 0 bridgehead atoms. The van der Waals surface area contributed by atoms with Gasteiger partial charge in [0.2, 0.25) is 0 Å². The van der Waals surface area contributed by atoms with Gasteiger partial charge in [0.25, 0.3) is 0 Å². The quantitative estimate of drug-likeness (QED) is 0.708. The molecule has 88 valence electrons. The van der Waals surface area contributed by atoms with Crippen LogP contribution in [0, 0.1) is 19.8 Å². The third-order valence-electron chi connectivity index (χ3n) is 3.33. The summed E-state index contributed by atoms with van der Waals surface area (Å²) >= 11 is 6.56. The smallest absolute Gasteiger partial charge is 0.0637 e. The first-order valence-electron chi connectivity index (χ1n) is 5.97. The summed E-state index contributed by atoms with van der Waals surface area (Å²) in [5.41, 5.74) is 3.86. The van der Waals surface area contributed by atoms with Crippen LogP contribution in [-0.2, 0) is 4.74 Å². The summed E-state index contributed by atoms with van der Waals surface area (Å²) in [6.07, 6.45) is 2.32. The van der Waals surface area contributed by atoms with Crippen LogP contribution < -0.4 is 0 Å². The minimum absolute atomic E-state index is 0.0981. The Labute approximate surface area is 103 Å². The number of aryl methyl sites for hydroxylation is 2. The monoisotopic (exact) mass is 238 g/mol. The lowest BCUT2D eigenvalue weighted by Gasteiger charge is -2.27. The lowest BCUT2D eigenvalue weighted by molar-refractivity contribution is 0.0531. The van der Waals surface area contributed by atoms with Crippen molar-refractivity contribution in [3.63, 3.8) is 0 Å². The van der Waals surface area contributed by atoms with E-state index in [1.165, 1.54) is 23.1 Å². The molecule has 1 aliphatic heterocycles. The van der Waals surface area contributed by atoms with Gasteiger partial charge in [0, 0.05) is 12.5 Å². The van der Waals surface area contributed by atoms with Crippen molar-refractivity contribution in [3.05, 3.63) is 34.9 Å². The van der Waals surface area contributed by atoms with Gasteiger partial charge in [-0.25, -0.2) is 0 Å². The summed E-state index contributed by atoms with van der Waals surface area (Å²) < 4.78 is 5.50. The molecule has 2 unspecified atom stereocenters. The highest BCUT2D eigenvalue weighted by Crippen LogP contribution is 2.35. The standard InChI is InChI=1S/C14H19ClO/c1-10-5-6-13(11(2)8-10)14(15)12-4-3-7-16-9-12/h5-6,8,12,14H,3-4,7,9H2,1-2H3. The fourth-order valence-corrected chi connectivity index (χ4v) is 2.83. The van der Waals surface area contributed by atoms with Crippen LogP contribution in [0.15, 0.2) is 18.2 Å². The highest BCUT2D eigenvalue weighted by atomic mass is 35.5. The highest BCUT2D eigenvalue weighted by Gasteiger charge is 2.24. The molecule has 0 aromatic heterocycles. The third-order valence-corrected chi connectivity index (χ3v) is 3.92. The van der Waals surface area contributed by atoms with Crippen LogP contribution in [0.25, 0.3) is 0 Å². The summed E-state index contributed by atoms with van der Waals surface area (Å²) in [4.78, 5) is 0. The van der Waals surface area contributed by atoms with Crippen molar-refractivity contribution in [1.82, 2.24) is 0 Å². The molecule has 16 heavy (non-hydrogen) atoms. The second-order valence-electron chi connectivity index (χ2n) is 4.74. The molecule has 1 aliphatic rings. The number of ether oxygens (including phenoxy) is 1. The zero-order chi connectivity index (χ0) is 11.5. The Morgan fingerprint density at radius 2 is 2.19 bits per heavy atom. The molecule has 0 radical (unpaired) electrons. The molecular weight excluding hydrogens is 220 g/mol. The number of rotatable bonds is 2. The van der Waals surface area contributed by atoms with Gasteiger partial charge in [-0.1, -0.05) is 23.8 Å². The van der Waals surface area contributed by atoms with Crippen LogP contribution in [0.5, 0.6) is 0 Å². The molecule has 2 rings (SSSR count). The third kappa shape index (κ3) is 2.58. The second kappa shape index (κ2) is 5.20. The van der Waals surface area contributed by atoms with E-state index in [0.29, 0.717) is 5.92 Å². The topological polar surface area (TPSA) is 9.23 Å². The first-order chi connectivity index (χ1) is 7.68.